The molecule has 20 heavy (non-hydrogen) atoms. The number of thiophene rings is 1. The molecule has 1 aliphatic rings. The molecular weight excluding hydrogens is 269 g/mol. The molecule has 0 saturated heterocycles. The highest BCUT2D eigenvalue weighted by molar-refractivity contribution is 7.19. The Balaban J connectivity index is 1.88. The summed E-state index contributed by atoms with van der Waals surface area (Å²) in [6.07, 6.45) is 9.72. The Kier molecular flexibility index (Phi) is 4.18. The molecule has 3 rings (SSSR count). The van der Waals surface area contributed by atoms with Gasteiger partial charge in [0, 0.05) is 9.58 Å². The Bertz CT molecular complexity index is 629. The normalized spacial score (nSPS) is 21.0. The van der Waals surface area contributed by atoms with E-state index in [4.69, 9.17) is 5.73 Å². The molecule has 1 aromatic carbocycles. The van der Waals surface area contributed by atoms with Crippen molar-refractivity contribution in [2.24, 2.45) is 5.73 Å². The third-order valence-corrected chi connectivity index (χ3v) is 5.21. The number of fused-ring (bicyclic) bond motifs is 1. The van der Waals surface area contributed by atoms with E-state index in [2.05, 4.69) is 12.1 Å². The first-order valence-corrected chi connectivity index (χ1v) is 8.19. The second-order valence-corrected chi connectivity index (χ2v) is 6.66. The highest BCUT2D eigenvalue weighted by atomic mass is 32.1. The number of rotatable bonds is 2. The van der Waals surface area contributed by atoms with Crippen molar-refractivity contribution in [1.29, 1.82) is 0 Å². The van der Waals surface area contributed by atoms with Crippen LogP contribution in [0.2, 0.25) is 0 Å². The van der Waals surface area contributed by atoms with E-state index in [1.807, 2.05) is 6.07 Å². The zero-order valence-corrected chi connectivity index (χ0v) is 12.4. The van der Waals surface area contributed by atoms with Gasteiger partial charge in [-0.3, -0.25) is 0 Å². The van der Waals surface area contributed by atoms with Gasteiger partial charge in [-0.05, 0) is 49.3 Å². The standard InChI is InChI=1S/C17H20FNS/c18-14-9-8-13-10-16(20-15(13)11-14)17(19)12-6-4-2-1-3-5-7-12/h6,8-11,17H,1-5,7,19H2/b12-6+. The summed E-state index contributed by atoms with van der Waals surface area (Å²) < 4.78 is 14.3. The van der Waals surface area contributed by atoms with Crippen molar-refractivity contribution in [1.82, 2.24) is 0 Å². The molecule has 2 aromatic rings. The van der Waals surface area contributed by atoms with Crippen LogP contribution < -0.4 is 5.73 Å². The second-order valence-electron chi connectivity index (χ2n) is 5.54. The van der Waals surface area contributed by atoms with Crippen LogP contribution in [0.4, 0.5) is 4.39 Å². The van der Waals surface area contributed by atoms with Crippen molar-refractivity contribution in [3.63, 3.8) is 0 Å². The Morgan fingerprint density at radius 3 is 2.85 bits per heavy atom. The topological polar surface area (TPSA) is 26.0 Å². The van der Waals surface area contributed by atoms with Crippen LogP contribution in [0.3, 0.4) is 0 Å². The fraction of sp³-hybridized carbons (Fsp3) is 0.412. The number of hydrogen-bond acceptors (Lipinski definition) is 2. The van der Waals surface area contributed by atoms with Crippen LogP contribution in [0.15, 0.2) is 35.9 Å². The van der Waals surface area contributed by atoms with E-state index in [1.54, 1.807) is 17.4 Å². The van der Waals surface area contributed by atoms with Crippen molar-refractivity contribution < 1.29 is 4.39 Å². The molecule has 1 atom stereocenters. The third kappa shape index (κ3) is 2.94. The third-order valence-electron chi connectivity index (χ3n) is 4.03. The van der Waals surface area contributed by atoms with Gasteiger partial charge in [-0.15, -0.1) is 11.3 Å². The SMILES string of the molecule is NC(/C1=C/CCCCCC1)c1cc2ccc(F)cc2s1. The van der Waals surface area contributed by atoms with Crippen LogP contribution in [0.5, 0.6) is 0 Å². The van der Waals surface area contributed by atoms with Crippen molar-refractivity contribution in [3.8, 4) is 0 Å². The molecule has 1 aliphatic carbocycles. The van der Waals surface area contributed by atoms with Gasteiger partial charge >= 0.3 is 0 Å². The lowest BCUT2D eigenvalue weighted by molar-refractivity contribution is 0.604. The summed E-state index contributed by atoms with van der Waals surface area (Å²) in [6, 6.07) is 7.05. The minimum absolute atomic E-state index is 0.0199. The predicted octanol–water partition coefficient (Wildman–Crippen LogP) is 5.32. The molecule has 3 heteroatoms. The molecule has 0 radical (unpaired) electrons. The van der Waals surface area contributed by atoms with E-state index in [0.717, 1.165) is 27.8 Å². The first kappa shape index (κ1) is 13.8. The zero-order valence-electron chi connectivity index (χ0n) is 11.6. The van der Waals surface area contributed by atoms with Gasteiger partial charge in [-0.25, -0.2) is 4.39 Å². The maximum atomic E-state index is 13.3. The Morgan fingerprint density at radius 2 is 1.95 bits per heavy atom. The summed E-state index contributed by atoms with van der Waals surface area (Å²) in [5, 5.41) is 1.09. The lowest BCUT2D eigenvalue weighted by atomic mass is 9.94. The maximum Gasteiger partial charge on any atom is 0.124 e. The van der Waals surface area contributed by atoms with Crippen LogP contribution in [0.25, 0.3) is 10.1 Å². The highest BCUT2D eigenvalue weighted by Crippen LogP contribution is 2.34. The maximum absolute atomic E-state index is 13.3. The fourth-order valence-electron chi connectivity index (χ4n) is 2.86. The molecule has 0 saturated carbocycles. The zero-order chi connectivity index (χ0) is 13.9. The molecule has 1 nitrogen and oxygen atoms in total. The van der Waals surface area contributed by atoms with Gasteiger partial charge in [0.2, 0.25) is 0 Å². The van der Waals surface area contributed by atoms with E-state index in [9.17, 15) is 4.39 Å². The number of allylic oxidation sites excluding steroid dienone is 1. The summed E-state index contributed by atoms with van der Waals surface area (Å²) in [7, 11) is 0. The van der Waals surface area contributed by atoms with Crippen LogP contribution in [0.1, 0.15) is 49.4 Å². The van der Waals surface area contributed by atoms with E-state index in [1.165, 1.54) is 37.3 Å². The van der Waals surface area contributed by atoms with Gasteiger partial charge in [-0.1, -0.05) is 30.6 Å². The van der Waals surface area contributed by atoms with E-state index in [0.29, 0.717) is 0 Å². The fourth-order valence-corrected chi connectivity index (χ4v) is 4.00. The number of nitrogens with two attached hydrogens (primary N) is 1. The Labute approximate surface area is 123 Å². The molecule has 1 heterocycles. The van der Waals surface area contributed by atoms with Crippen molar-refractivity contribution in [2.75, 3.05) is 0 Å². The molecule has 0 bridgehead atoms. The van der Waals surface area contributed by atoms with Crippen molar-refractivity contribution >= 4 is 21.4 Å². The summed E-state index contributed by atoms with van der Waals surface area (Å²) in [5.74, 6) is -0.176. The number of benzene rings is 1. The average molecular weight is 289 g/mol. The van der Waals surface area contributed by atoms with E-state index >= 15 is 0 Å². The molecular formula is C17H20FNS. The lowest BCUT2D eigenvalue weighted by Crippen LogP contribution is -2.12. The second kappa shape index (κ2) is 6.06. The van der Waals surface area contributed by atoms with Gasteiger partial charge in [0.25, 0.3) is 0 Å². The summed E-state index contributed by atoms with van der Waals surface area (Å²) in [4.78, 5) is 1.15. The summed E-state index contributed by atoms with van der Waals surface area (Å²) in [6.45, 7) is 0. The van der Waals surface area contributed by atoms with Gasteiger partial charge in [0.15, 0.2) is 0 Å². The van der Waals surface area contributed by atoms with Crippen LogP contribution >= 0.6 is 11.3 Å². The first-order valence-electron chi connectivity index (χ1n) is 7.37. The molecule has 0 aliphatic heterocycles. The van der Waals surface area contributed by atoms with Gasteiger partial charge < -0.3 is 5.73 Å². The van der Waals surface area contributed by atoms with Crippen LogP contribution in [-0.2, 0) is 0 Å². The van der Waals surface area contributed by atoms with Crippen LogP contribution in [0, 0.1) is 5.82 Å². The average Bonchev–Trinajstić information content (AvgIpc) is 2.80. The number of hydrogen-bond donors (Lipinski definition) is 1. The molecule has 2 N–H and O–H groups in total. The molecule has 1 unspecified atom stereocenters. The van der Waals surface area contributed by atoms with Gasteiger partial charge in [-0.2, -0.15) is 0 Å². The highest BCUT2D eigenvalue weighted by Gasteiger charge is 2.15. The molecule has 0 amide bonds. The molecule has 0 fully saturated rings. The minimum atomic E-state index is -0.176. The van der Waals surface area contributed by atoms with E-state index < -0.39 is 0 Å². The molecule has 106 valence electrons. The van der Waals surface area contributed by atoms with E-state index in [-0.39, 0.29) is 11.9 Å². The Hall–Kier alpha value is -1.19. The quantitative estimate of drug-likeness (QED) is 0.744. The summed E-state index contributed by atoms with van der Waals surface area (Å²) >= 11 is 1.62. The predicted molar refractivity (Wildman–Crippen MR) is 84.5 cm³/mol. The largest absolute Gasteiger partial charge is 0.320 e. The smallest absolute Gasteiger partial charge is 0.124 e. The van der Waals surface area contributed by atoms with Gasteiger partial charge in [0.05, 0.1) is 6.04 Å². The monoisotopic (exact) mass is 289 g/mol. The molecule has 1 aromatic heterocycles. The Morgan fingerprint density at radius 1 is 1.10 bits per heavy atom. The van der Waals surface area contributed by atoms with Gasteiger partial charge in [0.1, 0.15) is 5.82 Å². The van der Waals surface area contributed by atoms with Crippen LogP contribution in [-0.4, -0.2) is 0 Å². The van der Waals surface area contributed by atoms with Crippen molar-refractivity contribution in [2.45, 2.75) is 44.6 Å². The lowest BCUT2D eigenvalue weighted by Gasteiger charge is -2.17. The molecule has 0 spiro atoms. The number of halogens is 1. The minimum Gasteiger partial charge on any atom is -0.320 e. The summed E-state index contributed by atoms with van der Waals surface area (Å²) in [5.41, 5.74) is 7.80. The van der Waals surface area contributed by atoms with Crippen molar-refractivity contribution in [3.05, 3.63) is 46.6 Å². The first-order chi connectivity index (χ1) is 9.74.